The molecule has 0 atom stereocenters. The Hall–Kier alpha value is -2.92. The molecule has 2 aromatic carbocycles. The van der Waals surface area contributed by atoms with Crippen molar-refractivity contribution in [2.24, 2.45) is 5.73 Å². The number of nitrogens with one attached hydrogen (secondary N) is 2. The van der Waals surface area contributed by atoms with Gasteiger partial charge in [0.15, 0.2) is 0 Å². The maximum atomic E-state index is 12.0. The fraction of sp³-hybridized carbons (Fsp3) is 0.200. The fourth-order valence-corrected chi connectivity index (χ4v) is 2.23. The molecule has 2 amide bonds. The van der Waals surface area contributed by atoms with Crippen LogP contribution in [-0.4, -0.2) is 18.4 Å². The Kier molecular flexibility index (Phi) is 6.92. The fourth-order valence-electron chi connectivity index (χ4n) is 2.23. The molecule has 0 radical (unpaired) electrons. The Morgan fingerprint density at radius 1 is 1.08 bits per heavy atom. The van der Waals surface area contributed by atoms with Crippen LogP contribution < -0.4 is 16.4 Å². The first-order chi connectivity index (χ1) is 12.1. The van der Waals surface area contributed by atoms with E-state index in [2.05, 4.69) is 10.6 Å². The summed E-state index contributed by atoms with van der Waals surface area (Å²) in [4.78, 5) is 23.9. The van der Waals surface area contributed by atoms with Crippen molar-refractivity contribution < 1.29 is 9.59 Å². The molecule has 0 aliphatic carbocycles. The quantitative estimate of drug-likeness (QED) is 0.678. The van der Waals surface area contributed by atoms with Crippen LogP contribution in [0.25, 0.3) is 6.08 Å². The highest BCUT2D eigenvalue weighted by molar-refractivity contribution is 6.02. The van der Waals surface area contributed by atoms with E-state index in [1.54, 1.807) is 18.2 Å². The van der Waals surface area contributed by atoms with E-state index in [0.29, 0.717) is 30.8 Å². The third-order valence-corrected chi connectivity index (χ3v) is 3.61. The zero-order valence-corrected chi connectivity index (χ0v) is 14.3. The third-order valence-electron chi connectivity index (χ3n) is 3.61. The molecule has 2 aromatic rings. The summed E-state index contributed by atoms with van der Waals surface area (Å²) < 4.78 is 0. The molecule has 2 rings (SSSR count). The average Bonchev–Trinajstić information content (AvgIpc) is 2.62. The van der Waals surface area contributed by atoms with Crippen LogP contribution in [0, 0.1) is 6.92 Å². The lowest BCUT2D eigenvalue weighted by atomic mass is 10.1. The molecule has 0 aliphatic heterocycles. The van der Waals surface area contributed by atoms with E-state index in [9.17, 15) is 9.59 Å². The van der Waals surface area contributed by atoms with Crippen LogP contribution in [0.4, 0.5) is 11.4 Å². The van der Waals surface area contributed by atoms with Crippen LogP contribution in [0.1, 0.15) is 24.0 Å². The first kappa shape index (κ1) is 18.4. The molecule has 0 heterocycles. The van der Waals surface area contributed by atoms with Gasteiger partial charge in [-0.3, -0.25) is 9.59 Å². The first-order valence-electron chi connectivity index (χ1n) is 8.23. The number of hydrogen-bond acceptors (Lipinski definition) is 3. The molecule has 0 spiro atoms. The van der Waals surface area contributed by atoms with Gasteiger partial charge in [-0.2, -0.15) is 0 Å². The number of anilines is 2. The van der Waals surface area contributed by atoms with Crippen LogP contribution in [0.2, 0.25) is 0 Å². The smallest absolute Gasteiger partial charge is 0.248 e. The summed E-state index contributed by atoms with van der Waals surface area (Å²) >= 11 is 0. The molecule has 5 nitrogen and oxygen atoms in total. The summed E-state index contributed by atoms with van der Waals surface area (Å²) in [5.41, 5.74) is 8.61. The lowest BCUT2D eigenvalue weighted by molar-refractivity contribution is -0.116. The van der Waals surface area contributed by atoms with E-state index >= 15 is 0 Å². The van der Waals surface area contributed by atoms with Crippen molar-refractivity contribution in [3.8, 4) is 0 Å². The predicted octanol–water partition coefficient (Wildman–Crippen LogP) is 3.32. The Bertz CT molecular complexity index is 755. The van der Waals surface area contributed by atoms with E-state index in [1.807, 2.05) is 43.3 Å². The molecule has 0 bridgehead atoms. The van der Waals surface area contributed by atoms with Gasteiger partial charge in [0.25, 0.3) is 0 Å². The van der Waals surface area contributed by atoms with Gasteiger partial charge in [0.2, 0.25) is 11.8 Å². The van der Waals surface area contributed by atoms with Gasteiger partial charge >= 0.3 is 0 Å². The van der Waals surface area contributed by atoms with Crippen molar-refractivity contribution in [3.05, 3.63) is 65.7 Å². The molecular formula is C20H23N3O2. The topological polar surface area (TPSA) is 84.2 Å². The Labute approximate surface area is 147 Å². The average molecular weight is 337 g/mol. The number of carbonyl (C=O) groups is 2. The van der Waals surface area contributed by atoms with Crippen molar-refractivity contribution in [2.75, 3.05) is 17.2 Å². The van der Waals surface area contributed by atoms with Gasteiger partial charge in [-0.25, -0.2) is 0 Å². The number of nitrogens with two attached hydrogens (primary N) is 1. The van der Waals surface area contributed by atoms with Crippen LogP contribution in [-0.2, 0) is 9.59 Å². The zero-order chi connectivity index (χ0) is 18.1. The highest BCUT2D eigenvalue weighted by Gasteiger charge is 2.06. The van der Waals surface area contributed by atoms with Gasteiger partial charge in [-0.15, -0.1) is 0 Å². The molecule has 0 saturated carbocycles. The number of hydrogen-bond donors (Lipinski definition) is 3. The lowest BCUT2D eigenvalue weighted by Crippen LogP contribution is -2.15. The normalized spacial score (nSPS) is 10.6. The van der Waals surface area contributed by atoms with Crippen LogP contribution in [0.3, 0.4) is 0 Å². The predicted molar refractivity (Wildman–Crippen MR) is 102 cm³/mol. The van der Waals surface area contributed by atoms with E-state index < -0.39 is 0 Å². The molecule has 25 heavy (non-hydrogen) atoms. The minimum Gasteiger partial charge on any atom is -0.330 e. The van der Waals surface area contributed by atoms with Crippen molar-refractivity contribution in [1.29, 1.82) is 0 Å². The standard InChI is InChI=1S/C20H23N3O2/c1-15-9-11-17(14-18(15)23-19(24)8-5-13-21)22-20(25)12-10-16-6-3-2-4-7-16/h2-4,6-7,9-12,14H,5,8,13,21H2,1H3,(H,22,25)(H,23,24)/b12-10+. The molecule has 0 aromatic heterocycles. The number of amides is 2. The molecule has 130 valence electrons. The van der Waals surface area contributed by atoms with Gasteiger partial charge in [-0.1, -0.05) is 36.4 Å². The van der Waals surface area contributed by atoms with Crippen LogP contribution in [0.5, 0.6) is 0 Å². The van der Waals surface area contributed by atoms with Gasteiger partial charge in [0, 0.05) is 23.9 Å². The molecule has 4 N–H and O–H groups in total. The third kappa shape index (κ3) is 6.24. The second-order valence-electron chi connectivity index (χ2n) is 5.70. The monoisotopic (exact) mass is 337 g/mol. The highest BCUT2D eigenvalue weighted by atomic mass is 16.2. The maximum absolute atomic E-state index is 12.0. The first-order valence-corrected chi connectivity index (χ1v) is 8.23. The van der Waals surface area contributed by atoms with Crippen molar-refractivity contribution in [3.63, 3.8) is 0 Å². The molecular weight excluding hydrogens is 314 g/mol. The van der Waals surface area contributed by atoms with Crippen molar-refractivity contribution in [2.45, 2.75) is 19.8 Å². The molecule has 0 aliphatic rings. The van der Waals surface area contributed by atoms with Crippen LogP contribution in [0.15, 0.2) is 54.6 Å². The molecule has 0 saturated heterocycles. The van der Waals surface area contributed by atoms with Crippen molar-refractivity contribution in [1.82, 2.24) is 0 Å². The largest absolute Gasteiger partial charge is 0.330 e. The molecule has 0 fully saturated rings. The van der Waals surface area contributed by atoms with Gasteiger partial charge in [-0.05, 0) is 49.2 Å². The highest BCUT2D eigenvalue weighted by Crippen LogP contribution is 2.20. The Morgan fingerprint density at radius 3 is 2.56 bits per heavy atom. The molecule has 0 unspecified atom stereocenters. The van der Waals surface area contributed by atoms with Crippen LogP contribution >= 0.6 is 0 Å². The van der Waals surface area contributed by atoms with Gasteiger partial charge in [0.05, 0.1) is 0 Å². The lowest BCUT2D eigenvalue weighted by Gasteiger charge is -2.11. The number of carbonyl (C=O) groups excluding carboxylic acids is 2. The van der Waals surface area contributed by atoms with Crippen molar-refractivity contribution >= 4 is 29.3 Å². The SMILES string of the molecule is Cc1ccc(NC(=O)/C=C/c2ccccc2)cc1NC(=O)CCCN. The summed E-state index contributed by atoms with van der Waals surface area (Å²) in [7, 11) is 0. The van der Waals surface area contributed by atoms with E-state index in [0.717, 1.165) is 11.1 Å². The number of aryl methyl sites for hydroxylation is 1. The number of rotatable bonds is 7. The second kappa shape index (κ2) is 9.39. The van der Waals surface area contributed by atoms with Gasteiger partial charge < -0.3 is 16.4 Å². The second-order valence-corrected chi connectivity index (χ2v) is 5.70. The summed E-state index contributed by atoms with van der Waals surface area (Å²) in [5, 5.41) is 5.65. The van der Waals surface area contributed by atoms with Gasteiger partial charge in [0.1, 0.15) is 0 Å². The summed E-state index contributed by atoms with van der Waals surface area (Å²) in [6.45, 7) is 2.38. The summed E-state index contributed by atoms with van der Waals surface area (Å²) in [6.07, 6.45) is 4.26. The Balaban J connectivity index is 2.00. The van der Waals surface area contributed by atoms with E-state index in [1.165, 1.54) is 6.08 Å². The number of benzene rings is 2. The summed E-state index contributed by atoms with van der Waals surface area (Å²) in [6, 6.07) is 15.0. The summed E-state index contributed by atoms with van der Waals surface area (Å²) in [5.74, 6) is -0.311. The minimum atomic E-state index is -0.229. The van der Waals surface area contributed by atoms with E-state index in [4.69, 9.17) is 5.73 Å². The minimum absolute atomic E-state index is 0.0824. The Morgan fingerprint density at radius 2 is 1.84 bits per heavy atom. The zero-order valence-electron chi connectivity index (χ0n) is 14.3. The maximum Gasteiger partial charge on any atom is 0.248 e. The molecule has 5 heteroatoms. The van der Waals surface area contributed by atoms with E-state index in [-0.39, 0.29) is 11.8 Å².